The molecule has 0 unspecified atom stereocenters. The van der Waals surface area contributed by atoms with E-state index in [1.165, 1.54) is 0 Å². The third-order valence-electron chi connectivity index (χ3n) is 6.03. The molecule has 0 saturated carbocycles. The van der Waals surface area contributed by atoms with Crippen LogP contribution in [0.2, 0.25) is 0 Å². The molecular weight excluding hydrogens is 434 g/mol. The predicted octanol–water partition coefficient (Wildman–Crippen LogP) is 6.79. The second-order valence-corrected chi connectivity index (χ2v) is 9.31. The summed E-state index contributed by atoms with van der Waals surface area (Å²) in [7, 11) is 0. The summed E-state index contributed by atoms with van der Waals surface area (Å²) in [5.74, 6) is 2.51. The normalized spacial score (nSPS) is 11.2. The van der Waals surface area contributed by atoms with Gasteiger partial charge in [-0.05, 0) is 55.9 Å². The van der Waals surface area contributed by atoms with E-state index >= 15 is 0 Å². The van der Waals surface area contributed by atoms with E-state index in [2.05, 4.69) is 54.1 Å². The number of nitrogens with one attached hydrogen (secondary N) is 1. The molecule has 4 aromatic rings. The summed E-state index contributed by atoms with van der Waals surface area (Å²) in [6, 6.07) is 26.7. The highest BCUT2D eigenvalue weighted by Crippen LogP contribution is 2.30. The van der Waals surface area contributed by atoms with E-state index in [0.717, 1.165) is 66.1 Å². The molecule has 0 fully saturated rings. The van der Waals surface area contributed by atoms with E-state index in [0.29, 0.717) is 18.9 Å². The number of hydrogen-bond donors (Lipinski definition) is 1. The van der Waals surface area contributed by atoms with Gasteiger partial charge in [-0.1, -0.05) is 62.4 Å². The van der Waals surface area contributed by atoms with Crippen molar-refractivity contribution in [2.24, 2.45) is 5.92 Å². The van der Waals surface area contributed by atoms with Crippen LogP contribution in [0.1, 0.15) is 46.0 Å². The van der Waals surface area contributed by atoms with Gasteiger partial charge in [0.25, 0.3) is 0 Å². The Labute approximate surface area is 208 Å². The van der Waals surface area contributed by atoms with E-state index in [1.807, 2.05) is 48.5 Å². The fourth-order valence-corrected chi connectivity index (χ4v) is 4.11. The van der Waals surface area contributed by atoms with Gasteiger partial charge >= 0.3 is 0 Å². The number of benzene rings is 3. The number of hydrogen-bond acceptors (Lipinski definition) is 3. The Hall–Kier alpha value is -3.60. The average Bonchev–Trinajstić information content (AvgIpc) is 3.26. The Kier molecular flexibility index (Phi) is 8.55. The molecule has 35 heavy (non-hydrogen) atoms. The first-order chi connectivity index (χ1) is 17.1. The van der Waals surface area contributed by atoms with Crippen molar-refractivity contribution in [1.82, 2.24) is 14.9 Å². The summed E-state index contributed by atoms with van der Waals surface area (Å²) in [5.41, 5.74) is 4.09. The fraction of sp³-hybridized carbons (Fsp3) is 0.333. The monoisotopic (exact) mass is 469 g/mol. The molecule has 0 aliphatic carbocycles. The van der Waals surface area contributed by atoms with E-state index < -0.39 is 0 Å². The van der Waals surface area contributed by atoms with Gasteiger partial charge in [0.15, 0.2) is 0 Å². The molecule has 0 aliphatic rings. The molecule has 0 aliphatic heterocycles. The summed E-state index contributed by atoms with van der Waals surface area (Å²) in [6.45, 7) is 5.74. The van der Waals surface area contributed by atoms with Gasteiger partial charge in [0.2, 0.25) is 5.91 Å². The largest absolute Gasteiger partial charge is 0.494 e. The lowest BCUT2D eigenvalue weighted by Crippen LogP contribution is -2.24. The zero-order chi connectivity index (χ0) is 24.5. The van der Waals surface area contributed by atoms with Gasteiger partial charge in [-0.25, -0.2) is 4.98 Å². The van der Waals surface area contributed by atoms with Crippen LogP contribution in [0.25, 0.3) is 28.1 Å². The van der Waals surface area contributed by atoms with Gasteiger partial charge in [0, 0.05) is 30.3 Å². The molecule has 3 aromatic carbocycles. The van der Waals surface area contributed by atoms with E-state index in [4.69, 9.17) is 9.72 Å². The van der Waals surface area contributed by atoms with Crippen LogP contribution in [0.15, 0.2) is 78.9 Å². The van der Waals surface area contributed by atoms with Gasteiger partial charge in [-0.2, -0.15) is 0 Å². The third kappa shape index (κ3) is 6.72. The highest BCUT2D eigenvalue weighted by atomic mass is 16.5. The minimum Gasteiger partial charge on any atom is -0.494 e. The molecule has 0 saturated heterocycles. The molecule has 1 amide bonds. The topological polar surface area (TPSA) is 56.1 Å². The molecular formula is C30H35N3O2. The van der Waals surface area contributed by atoms with E-state index in [-0.39, 0.29) is 5.91 Å². The number of imidazole rings is 1. The first-order valence-corrected chi connectivity index (χ1v) is 12.6. The van der Waals surface area contributed by atoms with Crippen molar-refractivity contribution < 1.29 is 9.53 Å². The number of amides is 1. The predicted molar refractivity (Wildman–Crippen MR) is 143 cm³/mol. The molecule has 1 heterocycles. The minimum absolute atomic E-state index is 0.153. The maximum absolute atomic E-state index is 11.9. The summed E-state index contributed by atoms with van der Waals surface area (Å²) >= 11 is 0. The quantitative estimate of drug-likeness (QED) is 0.232. The zero-order valence-electron chi connectivity index (χ0n) is 20.7. The first-order valence-electron chi connectivity index (χ1n) is 12.6. The average molecular weight is 470 g/mol. The molecule has 1 aromatic heterocycles. The molecule has 182 valence electrons. The Morgan fingerprint density at radius 1 is 0.943 bits per heavy atom. The summed E-state index contributed by atoms with van der Waals surface area (Å²) in [4.78, 5) is 16.8. The van der Waals surface area contributed by atoms with Crippen LogP contribution < -0.4 is 10.1 Å². The maximum Gasteiger partial charge on any atom is 0.219 e. The van der Waals surface area contributed by atoms with Crippen molar-refractivity contribution in [3.8, 4) is 22.8 Å². The highest BCUT2D eigenvalue weighted by molar-refractivity contribution is 5.84. The van der Waals surface area contributed by atoms with E-state index in [9.17, 15) is 4.79 Å². The number of nitrogens with zero attached hydrogens (tertiary/aromatic N) is 2. The SMILES string of the molecule is CC(C)CCNC(=O)CCCCCOc1ccc2nc(-c3ccccc3)n(-c3ccccc3)c2c1. The first kappa shape index (κ1) is 24.5. The molecule has 0 spiro atoms. The van der Waals surface area contributed by atoms with Crippen molar-refractivity contribution in [3.63, 3.8) is 0 Å². The standard InChI is InChI=1S/C30H35N3O2/c1-23(2)19-20-31-29(34)16-10-5-11-21-35-26-17-18-27-28(22-26)33(25-14-8-4-9-15-25)30(32-27)24-12-6-3-7-13-24/h3-4,6-9,12-15,17-18,22-23H,5,10-11,16,19-21H2,1-2H3,(H,31,34). The van der Waals surface area contributed by atoms with Crippen molar-refractivity contribution in [3.05, 3.63) is 78.9 Å². The molecule has 0 radical (unpaired) electrons. The van der Waals surface area contributed by atoms with Crippen LogP contribution in [-0.2, 0) is 4.79 Å². The lowest BCUT2D eigenvalue weighted by molar-refractivity contribution is -0.121. The summed E-state index contributed by atoms with van der Waals surface area (Å²) in [5, 5.41) is 3.00. The van der Waals surface area contributed by atoms with Crippen molar-refractivity contribution in [1.29, 1.82) is 0 Å². The van der Waals surface area contributed by atoms with Crippen LogP contribution in [0.4, 0.5) is 0 Å². The lowest BCUT2D eigenvalue weighted by atomic mass is 10.1. The minimum atomic E-state index is 0.153. The number of fused-ring (bicyclic) bond motifs is 1. The lowest BCUT2D eigenvalue weighted by Gasteiger charge is -2.11. The molecule has 0 atom stereocenters. The van der Waals surface area contributed by atoms with Gasteiger partial charge in [-0.3, -0.25) is 9.36 Å². The molecule has 5 nitrogen and oxygen atoms in total. The fourth-order valence-electron chi connectivity index (χ4n) is 4.11. The van der Waals surface area contributed by atoms with Crippen LogP contribution in [0.5, 0.6) is 5.75 Å². The maximum atomic E-state index is 11.9. The second kappa shape index (κ2) is 12.2. The second-order valence-electron chi connectivity index (χ2n) is 9.31. The Balaban J connectivity index is 1.38. The van der Waals surface area contributed by atoms with Gasteiger partial charge in [0.05, 0.1) is 17.6 Å². The Bertz CT molecular complexity index is 1220. The van der Waals surface area contributed by atoms with Crippen LogP contribution in [-0.4, -0.2) is 28.6 Å². The molecule has 1 N–H and O–H groups in total. The van der Waals surface area contributed by atoms with Crippen LogP contribution >= 0.6 is 0 Å². The number of ether oxygens (including phenoxy) is 1. The van der Waals surface area contributed by atoms with Crippen molar-refractivity contribution in [2.45, 2.75) is 46.0 Å². The number of unbranched alkanes of at least 4 members (excludes halogenated alkanes) is 2. The molecule has 5 heteroatoms. The van der Waals surface area contributed by atoms with E-state index in [1.54, 1.807) is 0 Å². The molecule has 0 bridgehead atoms. The van der Waals surface area contributed by atoms with Gasteiger partial charge < -0.3 is 10.1 Å². The number of rotatable bonds is 12. The summed E-state index contributed by atoms with van der Waals surface area (Å²) in [6.07, 6.45) is 4.39. The van der Waals surface area contributed by atoms with Gasteiger partial charge in [-0.15, -0.1) is 0 Å². The van der Waals surface area contributed by atoms with Gasteiger partial charge in [0.1, 0.15) is 11.6 Å². The number of para-hydroxylation sites is 1. The smallest absolute Gasteiger partial charge is 0.219 e. The summed E-state index contributed by atoms with van der Waals surface area (Å²) < 4.78 is 8.27. The number of carbonyl (C=O) groups is 1. The Morgan fingerprint density at radius 3 is 2.43 bits per heavy atom. The van der Waals surface area contributed by atoms with Crippen LogP contribution in [0, 0.1) is 5.92 Å². The number of aromatic nitrogens is 2. The molecule has 4 rings (SSSR count). The Morgan fingerprint density at radius 2 is 1.69 bits per heavy atom. The van der Waals surface area contributed by atoms with Crippen molar-refractivity contribution >= 4 is 16.9 Å². The number of carbonyl (C=O) groups excluding carboxylic acids is 1. The highest BCUT2D eigenvalue weighted by Gasteiger charge is 2.15. The third-order valence-corrected chi connectivity index (χ3v) is 6.03. The zero-order valence-corrected chi connectivity index (χ0v) is 20.7. The van der Waals surface area contributed by atoms with Crippen molar-refractivity contribution in [2.75, 3.05) is 13.2 Å². The van der Waals surface area contributed by atoms with Crippen LogP contribution in [0.3, 0.4) is 0 Å².